The van der Waals surface area contributed by atoms with Crippen molar-refractivity contribution in [2.75, 3.05) is 5.32 Å². The summed E-state index contributed by atoms with van der Waals surface area (Å²) in [6.07, 6.45) is -3.02. The van der Waals surface area contributed by atoms with Crippen molar-refractivity contribution in [1.29, 1.82) is 5.41 Å². The number of halogens is 3. The molecule has 0 saturated carbocycles. The quantitative estimate of drug-likeness (QED) is 0.774. The lowest BCUT2D eigenvalue weighted by atomic mass is 9.93. The molecule has 0 unspecified atom stereocenters. The Morgan fingerprint density at radius 1 is 1.41 bits per heavy atom. The van der Waals surface area contributed by atoms with Gasteiger partial charge in [-0.2, -0.15) is 13.2 Å². The number of rotatable bonds is 1. The van der Waals surface area contributed by atoms with Crippen molar-refractivity contribution in [2.24, 2.45) is 0 Å². The largest absolute Gasteiger partial charge is 0.416 e. The lowest BCUT2D eigenvalue weighted by Gasteiger charge is -2.27. The van der Waals surface area contributed by atoms with Crippen LogP contribution in [0, 0.1) is 5.41 Å². The van der Waals surface area contributed by atoms with Crippen LogP contribution in [0.4, 0.5) is 18.9 Å². The zero-order valence-electron chi connectivity index (χ0n) is 9.36. The van der Waals surface area contributed by atoms with Gasteiger partial charge >= 0.3 is 6.18 Å². The zero-order chi connectivity index (χ0) is 12.6. The van der Waals surface area contributed by atoms with Gasteiger partial charge in [0.1, 0.15) is 0 Å². The van der Waals surface area contributed by atoms with E-state index in [-0.39, 0.29) is 11.8 Å². The van der Waals surface area contributed by atoms with E-state index in [0.717, 1.165) is 18.6 Å². The summed E-state index contributed by atoms with van der Waals surface area (Å²) in [6, 6.07) is 3.66. The molecule has 0 fully saturated rings. The van der Waals surface area contributed by atoms with Crippen LogP contribution in [0.1, 0.15) is 30.9 Å². The highest BCUT2D eigenvalue weighted by Crippen LogP contribution is 2.34. The van der Waals surface area contributed by atoms with Crippen molar-refractivity contribution in [1.82, 2.24) is 0 Å². The van der Waals surface area contributed by atoms with Crippen LogP contribution >= 0.6 is 0 Å². The van der Waals surface area contributed by atoms with Gasteiger partial charge in [0, 0.05) is 29.4 Å². The Bertz CT molecular complexity index is 452. The molecule has 1 aliphatic heterocycles. The van der Waals surface area contributed by atoms with Gasteiger partial charge in [-0.25, -0.2) is 0 Å². The Kier molecular flexibility index (Phi) is 2.85. The molecular weight excluding hydrogens is 229 g/mol. The molecule has 0 aromatic heterocycles. The molecule has 2 rings (SSSR count). The van der Waals surface area contributed by atoms with E-state index in [1.54, 1.807) is 0 Å². The highest BCUT2D eigenvalue weighted by molar-refractivity contribution is 6.05. The van der Waals surface area contributed by atoms with E-state index < -0.39 is 11.7 Å². The Balaban J connectivity index is 2.41. The molecule has 5 heteroatoms. The van der Waals surface area contributed by atoms with Gasteiger partial charge in [0.15, 0.2) is 0 Å². The van der Waals surface area contributed by atoms with Crippen molar-refractivity contribution in [3.05, 3.63) is 29.3 Å². The first-order valence-electron chi connectivity index (χ1n) is 5.47. The predicted octanol–water partition coefficient (Wildman–Crippen LogP) is 3.67. The molecule has 1 heterocycles. The van der Waals surface area contributed by atoms with Crippen LogP contribution in [-0.4, -0.2) is 11.8 Å². The minimum atomic E-state index is -4.35. The summed E-state index contributed by atoms with van der Waals surface area (Å²) in [6.45, 7) is 1.99. The van der Waals surface area contributed by atoms with Gasteiger partial charge in [0.25, 0.3) is 0 Å². The fraction of sp³-hybridized carbons (Fsp3) is 0.417. The second kappa shape index (κ2) is 4.05. The van der Waals surface area contributed by atoms with E-state index in [0.29, 0.717) is 17.7 Å². The first-order chi connectivity index (χ1) is 7.91. The van der Waals surface area contributed by atoms with Crippen molar-refractivity contribution in [3.8, 4) is 0 Å². The molecule has 1 aromatic carbocycles. The summed E-state index contributed by atoms with van der Waals surface area (Å²) >= 11 is 0. The topological polar surface area (TPSA) is 35.9 Å². The number of hydrogen-bond donors (Lipinski definition) is 2. The van der Waals surface area contributed by atoms with Gasteiger partial charge in [-0.1, -0.05) is 6.92 Å². The predicted molar refractivity (Wildman–Crippen MR) is 60.6 cm³/mol. The van der Waals surface area contributed by atoms with Crippen LogP contribution in [0.3, 0.4) is 0 Å². The lowest BCUT2D eigenvalue weighted by Crippen LogP contribution is -2.29. The Hall–Kier alpha value is -1.52. The molecular formula is C12H13F3N2. The van der Waals surface area contributed by atoms with Crippen LogP contribution in [0.2, 0.25) is 0 Å². The van der Waals surface area contributed by atoms with Crippen molar-refractivity contribution in [3.63, 3.8) is 0 Å². The van der Waals surface area contributed by atoms with Crippen LogP contribution in [-0.2, 0) is 6.18 Å². The van der Waals surface area contributed by atoms with Crippen LogP contribution in [0.5, 0.6) is 0 Å². The van der Waals surface area contributed by atoms with Crippen LogP contribution in [0.15, 0.2) is 18.2 Å². The van der Waals surface area contributed by atoms with E-state index in [2.05, 4.69) is 5.32 Å². The number of benzene rings is 1. The number of nitrogens with one attached hydrogen (secondary N) is 2. The van der Waals surface area contributed by atoms with Gasteiger partial charge in [-0.05, 0) is 24.6 Å². The number of fused-ring (bicyclic) bond motifs is 1. The summed E-state index contributed by atoms with van der Waals surface area (Å²) < 4.78 is 37.6. The molecule has 2 nitrogen and oxygen atoms in total. The van der Waals surface area contributed by atoms with Crippen LogP contribution < -0.4 is 5.32 Å². The third-order valence-electron chi connectivity index (χ3n) is 2.97. The van der Waals surface area contributed by atoms with E-state index >= 15 is 0 Å². The normalized spacial score (nSPS) is 19.8. The van der Waals surface area contributed by atoms with Gasteiger partial charge in [0.05, 0.1) is 5.56 Å². The molecule has 1 aromatic rings. The molecule has 1 aliphatic rings. The second-order valence-electron chi connectivity index (χ2n) is 4.19. The highest BCUT2D eigenvalue weighted by Gasteiger charge is 2.32. The molecule has 0 amide bonds. The van der Waals surface area contributed by atoms with E-state index in [1.165, 1.54) is 6.07 Å². The van der Waals surface area contributed by atoms with E-state index in [9.17, 15) is 13.2 Å². The second-order valence-corrected chi connectivity index (χ2v) is 4.19. The van der Waals surface area contributed by atoms with E-state index in [4.69, 9.17) is 5.41 Å². The number of hydrogen-bond acceptors (Lipinski definition) is 2. The molecule has 0 aliphatic carbocycles. The smallest absolute Gasteiger partial charge is 0.381 e. The van der Waals surface area contributed by atoms with Gasteiger partial charge in [-0.15, -0.1) is 0 Å². The summed E-state index contributed by atoms with van der Waals surface area (Å²) in [7, 11) is 0. The molecule has 1 atom stereocenters. The molecule has 0 spiro atoms. The van der Waals surface area contributed by atoms with Crippen molar-refractivity contribution in [2.45, 2.75) is 32.0 Å². The zero-order valence-corrected chi connectivity index (χ0v) is 9.36. The first kappa shape index (κ1) is 12.0. The summed E-state index contributed by atoms with van der Waals surface area (Å²) in [5.41, 5.74) is 0.570. The Morgan fingerprint density at radius 3 is 2.71 bits per heavy atom. The SMILES string of the molecule is CC[C@@H]1CC(=N)c2cc(C(F)(F)F)ccc2N1. The third-order valence-corrected chi connectivity index (χ3v) is 2.97. The maximum absolute atomic E-state index is 12.5. The number of anilines is 1. The number of alkyl halides is 3. The maximum Gasteiger partial charge on any atom is 0.416 e. The molecule has 0 radical (unpaired) electrons. The van der Waals surface area contributed by atoms with Crippen LogP contribution in [0.25, 0.3) is 0 Å². The fourth-order valence-electron chi connectivity index (χ4n) is 1.97. The maximum atomic E-state index is 12.5. The monoisotopic (exact) mass is 242 g/mol. The fourth-order valence-corrected chi connectivity index (χ4v) is 1.97. The first-order valence-corrected chi connectivity index (χ1v) is 5.47. The Labute approximate surface area is 97.3 Å². The minimum absolute atomic E-state index is 0.145. The minimum Gasteiger partial charge on any atom is -0.381 e. The lowest BCUT2D eigenvalue weighted by molar-refractivity contribution is -0.137. The third kappa shape index (κ3) is 2.28. The summed E-state index contributed by atoms with van der Waals surface area (Å²) in [5.74, 6) is 0. The van der Waals surface area contributed by atoms with Crippen molar-refractivity contribution < 1.29 is 13.2 Å². The summed E-state index contributed by atoms with van der Waals surface area (Å²) in [5, 5.41) is 10.9. The van der Waals surface area contributed by atoms with Gasteiger partial charge < -0.3 is 10.7 Å². The van der Waals surface area contributed by atoms with Gasteiger partial charge in [-0.3, -0.25) is 0 Å². The molecule has 0 saturated heterocycles. The average Bonchev–Trinajstić information content (AvgIpc) is 2.27. The highest BCUT2D eigenvalue weighted by atomic mass is 19.4. The van der Waals surface area contributed by atoms with Crippen molar-refractivity contribution >= 4 is 11.4 Å². The Morgan fingerprint density at radius 2 is 2.12 bits per heavy atom. The molecule has 17 heavy (non-hydrogen) atoms. The molecule has 92 valence electrons. The molecule has 2 N–H and O–H groups in total. The van der Waals surface area contributed by atoms with E-state index in [1.807, 2.05) is 6.92 Å². The average molecular weight is 242 g/mol. The summed E-state index contributed by atoms with van der Waals surface area (Å²) in [4.78, 5) is 0. The molecule has 0 bridgehead atoms. The van der Waals surface area contributed by atoms with Gasteiger partial charge in [0.2, 0.25) is 0 Å². The standard InChI is InChI=1S/C12H13F3N2/c1-2-8-6-10(16)9-5-7(12(13,14)15)3-4-11(9)17-8/h3-5,8,16-17H,2,6H2,1H3/t8-/m1/s1.